The van der Waals surface area contributed by atoms with E-state index in [1.165, 1.54) is 0 Å². The molecule has 5 nitrogen and oxygen atoms in total. The van der Waals surface area contributed by atoms with Crippen LogP contribution in [0.4, 0.5) is 16.2 Å². The highest BCUT2D eigenvalue weighted by Crippen LogP contribution is 2.30. The van der Waals surface area contributed by atoms with E-state index >= 15 is 0 Å². The number of anilines is 2. The molecule has 6 heteroatoms. The standard InChI is InChI=1S/C24H22BrN3O2/c1-16-4-2-5-19(12-16)23(29)28-11-10-18-9-8-17(13-22(18)28)15-26-24(30)27-21-7-3-6-20(25)14-21/h2-9,12-14H,10-11,15H2,1H3,(H2,26,27,30). The molecule has 3 aromatic carbocycles. The summed E-state index contributed by atoms with van der Waals surface area (Å²) in [6.45, 7) is 3.03. The fourth-order valence-electron chi connectivity index (χ4n) is 3.60. The summed E-state index contributed by atoms with van der Waals surface area (Å²) in [4.78, 5) is 27.1. The number of nitrogens with zero attached hydrogens (tertiary/aromatic N) is 1. The Balaban J connectivity index is 1.44. The summed E-state index contributed by atoms with van der Waals surface area (Å²) in [5.41, 5.74) is 5.49. The molecule has 0 spiro atoms. The fraction of sp³-hybridized carbons (Fsp3) is 0.167. The van der Waals surface area contributed by atoms with Crippen molar-refractivity contribution >= 4 is 39.2 Å². The van der Waals surface area contributed by atoms with Crippen LogP contribution in [0.1, 0.15) is 27.0 Å². The molecule has 1 heterocycles. The number of carbonyl (C=O) groups excluding carboxylic acids is 2. The number of nitrogens with one attached hydrogen (secondary N) is 2. The van der Waals surface area contributed by atoms with Gasteiger partial charge in [0, 0.05) is 34.5 Å². The number of halogens is 1. The third kappa shape index (κ3) is 4.54. The van der Waals surface area contributed by atoms with Gasteiger partial charge < -0.3 is 15.5 Å². The number of amides is 3. The van der Waals surface area contributed by atoms with Gasteiger partial charge in [0.1, 0.15) is 0 Å². The molecular formula is C24H22BrN3O2. The largest absolute Gasteiger partial charge is 0.334 e. The van der Waals surface area contributed by atoms with Crippen molar-refractivity contribution in [1.29, 1.82) is 0 Å². The summed E-state index contributed by atoms with van der Waals surface area (Å²) in [6.07, 6.45) is 0.837. The summed E-state index contributed by atoms with van der Waals surface area (Å²) in [7, 11) is 0. The number of hydrogen-bond donors (Lipinski definition) is 2. The smallest absolute Gasteiger partial charge is 0.319 e. The predicted molar refractivity (Wildman–Crippen MR) is 123 cm³/mol. The number of fused-ring (bicyclic) bond motifs is 1. The Morgan fingerprint density at radius 3 is 2.67 bits per heavy atom. The molecule has 0 aromatic heterocycles. The minimum Gasteiger partial charge on any atom is -0.334 e. The molecule has 0 aliphatic carbocycles. The van der Waals surface area contributed by atoms with Crippen molar-refractivity contribution in [2.45, 2.75) is 19.9 Å². The van der Waals surface area contributed by atoms with Gasteiger partial charge in [-0.1, -0.05) is 51.8 Å². The van der Waals surface area contributed by atoms with Crippen LogP contribution in [0.2, 0.25) is 0 Å². The van der Waals surface area contributed by atoms with Gasteiger partial charge in [-0.15, -0.1) is 0 Å². The third-order valence-electron chi connectivity index (χ3n) is 5.09. The molecule has 3 aromatic rings. The highest BCUT2D eigenvalue weighted by atomic mass is 79.9. The molecule has 0 atom stereocenters. The van der Waals surface area contributed by atoms with Gasteiger partial charge >= 0.3 is 6.03 Å². The first-order chi connectivity index (χ1) is 14.5. The second kappa shape index (κ2) is 8.71. The van der Waals surface area contributed by atoms with Crippen LogP contribution >= 0.6 is 15.9 Å². The zero-order valence-electron chi connectivity index (χ0n) is 16.6. The second-order valence-electron chi connectivity index (χ2n) is 7.36. The van der Waals surface area contributed by atoms with Crippen molar-refractivity contribution in [2.24, 2.45) is 0 Å². The van der Waals surface area contributed by atoms with E-state index in [9.17, 15) is 9.59 Å². The number of benzene rings is 3. The zero-order valence-corrected chi connectivity index (χ0v) is 18.2. The molecule has 0 bridgehead atoms. The van der Waals surface area contributed by atoms with E-state index in [4.69, 9.17) is 0 Å². The topological polar surface area (TPSA) is 61.4 Å². The van der Waals surface area contributed by atoms with Crippen LogP contribution in [-0.4, -0.2) is 18.5 Å². The quantitative estimate of drug-likeness (QED) is 0.552. The molecular weight excluding hydrogens is 442 g/mol. The summed E-state index contributed by atoms with van der Waals surface area (Å²) in [6, 6.07) is 20.8. The van der Waals surface area contributed by atoms with Crippen molar-refractivity contribution in [3.8, 4) is 0 Å². The van der Waals surface area contributed by atoms with E-state index in [-0.39, 0.29) is 11.9 Å². The van der Waals surface area contributed by atoms with Crippen molar-refractivity contribution in [2.75, 3.05) is 16.8 Å². The van der Waals surface area contributed by atoms with Crippen LogP contribution < -0.4 is 15.5 Å². The molecule has 30 heavy (non-hydrogen) atoms. The normalized spacial score (nSPS) is 12.4. The van der Waals surface area contributed by atoms with E-state index in [1.807, 2.05) is 78.6 Å². The monoisotopic (exact) mass is 463 g/mol. The van der Waals surface area contributed by atoms with Gasteiger partial charge in [0.2, 0.25) is 0 Å². The third-order valence-corrected chi connectivity index (χ3v) is 5.58. The Kier molecular flexibility index (Phi) is 5.86. The van der Waals surface area contributed by atoms with Gasteiger partial charge in [0.15, 0.2) is 0 Å². The van der Waals surface area contributed by atoms with Gasteiger partial charge in [-0.05, 0) is 60.9 Å². The Morgan fingerprint density at radius 2 is 1.87 bits per heavy atom. The van der Waals surface area contributed by atoms with E-state index < -0.39 is 0 Å². The van der Waals surface area contributed by atoms with Crippen LogP contribution in [0.25, 0.3) is 0 Å². The molecule has 3 amide bonds. The Hall–Kier alpha value is -3.12. The van der Waals surface area contributed by atoms with Crippen molar-refractivity contribution in [3.05, 3.63) is 93.5 Å². The highest BCUT2D eigenvalue weighted by molar-refractivity contribution is 9.10. The lowest BCUT2D eigenvalue weighted by molar-refractivity contribution is 0.0989. The van der Waals surface area contributed by atoms with Crippen molar-refractivity contribution < 1.29 is 9.59 Å². The van der Waals surface area contributed by atoms with Crippen LogP contribution in [-0.2, 0) is 13.0 Å². The number of aryl methyl sites for hydroxylation is 1. The first kappa shape index (κ1) is 20.2. The first-order valence-corrected chi connectivity index (χ1v) is 10.6. The van der Waals surface area contributed by atoms with Crippen LogP contribution in [0.15, 0.2) is 71.2 Å². The van der Waals surface area contributed by atoms with Gasteiger partial charge in [0.25, 0.3) is 5.91 Å². The lowest BCUT2D eigenvalue weighted by Crippen LogP contribution is -2.29. The minimum atomic E-state index is -0.277. The minimum absolute atomic E-state index is 0.00922. The lowest BCUT2D eigenvalue weighted by atomic mass is 10.1. The molecule has 152 valence electrons. The average Bonchev–Trinajstić information content (AvgIpc) is 3.15. The zero-order chi connectivity index (χ0) is 21.1. The number of rotatable bonds is 4. The van der Waals surface area contributed by atoms with Gasteiger partial charge in [-0.3, -0.25) is 4.79 Å². The number of urea groups is 1. The molecule has 1 aliphatic heterocycles. The maximum atomic E-state index is 13.0. The maximum absolute atomic E-state index is 13.0. The Bertz CT molecular complexity index is 1110. The SMILES string of the molecule is Cc1cccc(C(=O)N2CCc3ccc(CNC(=O)Nc4cccc(Br)c4)cc32)c1. The maximum Gasteiger partial charge on any atom is 0.319 e. The molecule has 2 N–H and O–H groups in total. The van der Waals surface area contributed by atoms with Crippen molar-refractivity contribution in [3.63, 3.8) is 0 Å². The van der Waals surface area contributed by atoms with E-state index in [0.717, 1.165) is 33.3 Å². The molecule has 0 saturated carbocycles. The molecule has 0 radical (unpaired) electrons. The van der Waals surface area contributed by atoms with Crippen LogP contribution in [0, 0.1) is 6.92 Å². The number of hydrogen-bond acceptors (Lipinski definition) is 2. The van der Waals surface area contributed by atoms with E-state index in [0.29, 0.717) is 24.3 Å². The van der Waals surface area contributed by atoms with Gasteiger partial charge in [-0.2, -0.15) is 0 Å². The van der Waals surface area contributed by atoms with Gasteiger partial charge in [0.05, 0.1) is 0 Å². The second-order valence-corrected chi connectivity index (χ2v) is 8.27. The molecule has 0 fully saturated rings. The van der Waals surface area contributed by atoms with E-state index in [1.54, 1.807) is 0 Å². The fourth-order valence-corrected chi connectivity index (χ4v) is 4.00. The van der Waals surface area contributed by atoms with Crippen LogP contribution in [0.5, 0.6) is 0 Å². The van der Waals surface area contributed by atoms with E-state index in [2.05, 4.69) is 26.6 Å². The summed E-state index contributed by atoms with van der Waals surface area (Å²) in [5, 5.41) is 5.69. The summed E-state index contributed by atoms with van der Waals surface area (Å²) >= 11 is 3.39. The predicted octanol–water partition coefficient (Wildman–Crippen LogP) is 5.28. The molecule has 1 aliphatic rings. The summed E-state index contributed by atoms with van der Waals surface area (Å²) < 4.78 is 0.900. The first-order valence-electron chi connectivity index (χ1n) is 9.80. The highest BCUT2D eigenvalue weighted by Gasteiger charge is 2.25. The summed E-state index contributed by atoms with van der Waals surface area (Å²) in [5.74, 6) is 0.00922. The lowest BCUT2D eigenvalue weighted by Gasteiger charge is -2.18. The molecule has 4 rings (SSSR count). The molecule has 0 unspecified atom stereocenters. The van der Waals surface area contributed by atoms with Crippen LogP contribution in [0.3, 0.4) is 0 Å². The van der Waals surface area contributed by atoms with Crippen molar-refractivity contribution in [1.82, 2.24) is 5.32 Å². The number of carbonyl (C=O) groups is 2. The molecule has 0 saturated heterocycles. The Labute approximate surface area is 184 Å². The Morgan fingerprint density at radius 1 is 1.03 bits per heavy atom. The average molecular weight is 464 g/mol. The van der Waals surface area contributed by atoms with Gasteiger partial charge in [-0.25, -0.2) is 4.79 Å².